The molecule has 0 radical (unpaired) electrons. The predicted molar refractivity (Wildman–Crippen MR) is 146 cm³/mol. The van der Waals surface area contributed by atoms with Crippen molar-refractivity contribution in [3.8, 4) is 0 Å². The van der Waals surface area contributed by atoms with Gasteiger partial charge in [0.2, 0.25) is 0 Å². The Morgan fingerprint density at radius 1 is 1.00 bits per heavy atom. The van der Waals surface area contributed by atoms with Crippen molar-refractivity contribution in [2.24, 2.45) is 28.6 Å². The molecule has 1 unspecified atom stereocenters. The molecule has 0 aliphatic heterocycles. The van der Waals surface area contributed by atoms with E-state index in [1.54, 1.807) is 42.3 Å². The molecule has 7 heteroatoms. The molecule has 0 heterocycles. The van der Waals surface area contributed by atoms with Gasteiger partial charge in [-0.1, -0.05) is 13.8 Å². The molecule has 3 fully saturated rings. The molecule has 38 heavy (non-hydrogen) atoms. The molecule has 0 amide bonds. The lowest BCUT2D eigenvalue weighted by molar-refractivity contribution is -0.189. The quantitative estimate of drug-likeness (QED) is 0.449. The van der Waals surface area contributed by atoms with Crippen molar-refractivity contribution in [1.29, 1.82) is 0 Å². The first kappa shape index (κ1) is 30.1. The third kappa shape index (κ3) is 4.44. The van der Waals surface area contributed by atoms with Crippen LogP contribution in [0.2, 0.25) is 0 Å². The second kappa shape index (κ2) is 10.2. The van der Waals surface area contributed by atoms with Crippen LogP contribution < -0.4 is 0 Å². The highest BCUT2D eigenvalue weighted by Gasteiger charge is 2.70. The Morgan fingerprint density at radius 3 is 2.21 bits per heavy atom. The van der Waals surface area contributed by atoms with Gasteiger partial charge in [0.15, 0.2) is 5.78 Å². The van der Waals surface area contributed by atoms with Gasteiger partial charge in [-0.2, -0.15) is 0 Å². The van der Waals surface area contributed by atoms with Crippen LogP contribution in [0, 0.1) is 28.6 Å². The third-order valence-electron chi connectivity index (χ3n) is 11.6. The summed E-state index contributed by atoms with van der Waals surface area (Å²) in [6.07, 6.45) is 7.29. The van der Waals surface area contributed by atoms with E-state index >= 15 is 0 Å². The van der Waals surface area contributed by atoms with E-state index in [1.807, 2.05) is 13.0 Å². The van der Waals surface area contributed by atoms with Crippen molar-refractivity contribution in [3.63, 3.8) is 0 Å². The van der Waals surface area contributed by atoms with Gasteiger partial charge in [-0.15, -0.1) is 0 Å². The topological polar surface area (TPSA) is 94.5 Å². The zero-order valence-corrected chi connectivity index (χ0v) is 25.1. The average Bonchev–Trinajstić information content (AvgIpc) is 3.17. The fourth-order valence-electron chi connectivity index (χ4n) is 9.54. The summed E-state index contributed by atoms with van der Waals surface area (Å²) in [6.45, 7) is 10.00. The first-order valence-corrected chi connectivity index (χ1v) is 14.5. The van der Waals surface area contributed by atoms with Crippen LogP contribution in [-0.2, 0) is 23.7 Å². The summed E-state index contributed by atoms with van der Waals surface area (Å²) in [5.74, 6) is 0.211. The monoisotopic (exact) mass is 536 g/mol. The van der Waals surface area contributed by atoms with Gasteiger partial charge in [0.25, 0.3) is 0 Å². The number of carbonyl (C=O) groups excluding carboxylic acids is 1. The number of aliphatic hydroxyl groups is 2. The summed E-state index contributed by atoms with van der Waals surface area (Å²) in [5.41, 5.74) is -2.05. The maximum atomic E-state index is 13.8. The minimum atomic E-state index is -1.12. The highest BCUT2D eigenvalue weighted by atomic mass is 16.5. The van der Waals surface area contributed by atoms with Crippen LogP contribution in [0.5, 0.6) is 0 Å². The molecule has 4 rings (SSSR count). The van der Waals surface area contributed by atoms with Gasteiger partial charge in [0.1, 0.15) is 0 Å². The smallest absolute Gasteiger partial charge is 0.159 e. The zero-order valence-electron chi connectivity index (χ0n) is 25.1. The molecular weight excluding hydrogens is 484 g/mol. The fourth-order valence-corrected chi connectivity index (χ4v) is 9.54. The van der Waals surface area contributed by atoms with E-state index in [9.17, 15) is 15.0 Å². The van der Waals surface area contributed by atoms with Crippen LogP contribution in [0.15, 0.2) is 11.6 Å². The molecule has 0 bridgehead atoms. The third-order valence-corrected chi connectivity index (χ3v) is 11.6. The van der Waals surface area contributed by atoms with Gasteiger partial charge in [-0.05, 0) is 101 Å². The van der Waals surface area contributed by atoms with E-state index in [4.69, 9.17) is 18.9 Å². The van der Waals surface area contributed by atoms with Crippen molar-refractivity contribution < 1.29 is 34.0 Å². The number of allylic oxidation sites excluding steroid dienone is 1. The Hall–Kier alpha value is -0.830. The second-order valence-electron chi connectivity index (χ2n) is 14.0. The Bertz CT molecular complexity index is 922. The Labute approximate surface area is 229 Å². The standard InChI is InChI=1S/C31H52O7/c1-27(2,33)13-12-26(37-8)30(5,34)25-11-15-31(38-9)20-16-22(32)21-17-23(35-6)24(36-7)18-28(21,3)19(20)10-14-29(25,31)4/h16,19,21,23-26,33-34H,10-15,17-18H2,1-9H3/t19-,21-,23+,24-,25-,26?,28+,29+,30+,31+/m0/s1. The Balaban J connectivity index is 1.71. The van der Waals surface area contributed by atoms with Crippen molar-refractivity contribution in [3.05, 3.63) is 11.6 Å². The van der Waals surface area contributed by atoms with E-state index < -0.39 is 22.9 Å². The molecule has 0 aromatic carbocycles. The van der Waals surface area contributed by atoms with E-state index in [2.05, 4.69) is 13.8 Å². The normalized spacial score (nSPS) is 43.5. The van der Waals surface area contributed by atoms with Crippen molar-refractivity contribution in [2.75, 3.05) is 28.4 Å². The zero-order chi connectivity index (χ0) is 28.3. The van der Waals surface area contributed by atoms with Crippen molar-refractivity contribution >= 4 is 5.78 Å². The van der Waals surface area contributed by atoms with E-state index in [-0.39, 0.29) is 46.6 Å². The molecule has 0 aromatic rings. The molecular formula is C31H52O7. The van der Waals surface area contributed by atoms with E-state index in [0.29, 0.717) is 19.3 Å². The van der Waals surface area contributed by atoms with Crippen molar-refractivity contribution in [1.82, 2.24) is 0 Å². The molecule has 0 aromatic heterocycles. The van der Waals surface area contributed by atoms with Gasteiger partial charge in [0.05, 0.1) is 35.1 Å². The number of methoxy groups -OCH3 is 4. The second-order valence-corrected chi connectivity index (χ2v) is 14.0. The van der Waals surface area contributed by atoms with Gasteiger partial charge < -0.3 is 29.2 Å². The van der Waals surface area contributed by atoms with Crippen LogP contribution in [0.25, 0.3) is 0 Å². The van der Waals surface area contributed by atoms with Crippen LogP contribution in [0.3, 0.4) is 0 Å². The largest absolute Gasteiger partial charge is 0.390 e. The van der Waals surface area contributed by atoms with Crippen LogP contribution in [-0.4, -0.2) is 79.6 Å². The molecule has 4 aliphatic carbocycles. The summed E-state index contributed by atoms with van der Waals surface area (Å²) >= 11 is 0. The number of ketones is 1. The minimum absolute atomic E-state index is 0.0458. The molecule has 7 nitrogen and oxygen atoms in total. The predicted octanol–water partition coefficient (Wildman–Crippen LogP) is 4.47. The first-order valence-electron chi connectivity index (χ1n) is 14.5. The summed E-state index contributed by atoms with van der Waals surface area (Å²) in [5, 5.41) is 22.5. The summed E-state index contributed by atoms with van der Waals surface area (Å²) in [7, 11) is 6.87. The number of fused-ring (bicyclic) bond motifs is 5. The SMILES string of the molecule is COC(CCC(C)(C)O)[C@](C)(O)[C@H]1CC[C@@]2(OC)C3=CC(=O)[C@@H]4C[C@@H](OC)[C@@H](OC)C[C@]4(C)[C@H]3CC[C@]12C. The fraction of sp³-hybridized carbons (Fsp3) is 0.903. The van der Waals surface area contributed by atoms with Crippen LogP contribution in [0.1, 0.15) is 86.0 Å². The molecule has 10 atom stereocenters. The Kier molecular flexibility index (Phi) is 8.10. The molecule has 3 saturated carbocycles. The van der Waals surface area contributed by atoms with E-state index in [0.717, 1.165) is 37.7 Å². The summed E-state index contributed by atoms with van der Waals surface area (Å²) in [6, 6.07) is 0. The van der Waals surface area contributed by atoms with Gasteiger partial charge in [0, 0.05) is 39.8 Å². The Morgan fingerprint density at radius 2 is 1.66 bits per heavy atom. The minimum Gasteiger partial charge on any atom is -0.390 e. The maximum absolute atomic E-state index is 13.8. The van der Waals surface area contributed by atoms with E-state index in [1.165, 1.54) is 0 Å². The van der Waals surface area contributed by atoms with Crippen molar-refractivity contribution in [2.45, 2.75) is 121 Å². The number of hydrogen-bond acceptors (Lipinski definition) is 7. The lowest BCUT2D eigenvalue weighted by atomic mass is 9.45. The summed E-state index contributed by atoms with van der Waals surface area (Å²) in [4.78, 5) is 13.8. The number of rotatable bonds is 9. The number of carbonyl (C=O) groups is 1. The summed E-state index contributed by atoms with van der Waals surface area (Å²) < 4.78 is 24.0. The molecule has 218 valence electrons. The first-order chi connectivity index (χ1) is 17.6. The van der Waals surface area contributed by atoms with Gasteiger partial charge in [-0.3, -0.25) is 4.79 Å². The highest BCUT2D eigenvalue weighted by molar-refractivity contribution is 5.95. The van der Waals surface area contributed by atoms with Crippen LogP contribution in [0.4, 0.5) is 0 Å². The van der Waals surface area contributed by atoms with Crippen LogP contribution >= 0.6 is 0 Å². The molecule has 2 N–H and O–H groups in total. The maximum Gasteiger partial charge on any atom is 0.159 e. The highest BCUT2D eigenvalue weighted by Crippen LogP contribution is 2.70. The lowest BCUT2D eigenvalue weighted by Crippen LogP contribution is -2.63. The van der Waals surface area contributed by atoms with Gasteiger partial charge in [-0.25, -0.2) is 0 Å². The number of ether oxygens (including phenoxy) is 4. The molecule has 0 spiro atoms. The molecule has 4 aliphatic rings. The lowest BCUT2D eigenvalue weighted by Gasteiger charge is -2.62. The number of hydrogen-bond donors (Lipinski definition) is 2. The molecule has 0 saturated heterocycles. The van der Waals surface area contributed by atoms with Gasteiger partial charge >= 0.3 is 0 Å². The average molecular weight is 537 g/mol.